The van der Waals surface area contributed by atoms with Gasteiger partial charge in [0.2, 0.25) is 11.8 Å². The van der Waals surface area contributed by atoms with Crippen molar-refractivity contribution in [2.45, 2.75) is 64.4 Å². The molecule has 9 heteroatoms. The number of rotatable bonds is 13. The van der Waals surface area contributed by atoms with E-state index in [1.54, 1.807) is 54.6 Å². The average Bonchev–Trinajstić information content (AvgIpc) is 2.96. The van der Waals surface area contributed by atoms with Crippen LogP contribution in [0.3, 0.4) is 0 Å². The van der Waals surface area contributed by atoms with Gasteiger partial charge in [-0.15, -0.1) is 0 Å². The molecule has 0 bridgehead atoms. The van der Waals surface area contributed by atoms with Crippen LogP contribution in [0.4, 0.5) is 5.69 Å². The number of anilines is 1. The Balaban J connectivity index is 2.04. The second-order valence-corrected chi connectivity index (χ2v) is 13.1. The van der Waals surface area contributed by atoms with Gasteiger partial charge in [0.1, 0.15) is 12.6 Å². The molecule has 3 rings (SSSR count). The third kappa shape index (κ3) is 8.57. The molecule has 7 nitrogen and oxygen atoms in total. The van der Waals surface area contributed by atoms with E-state index >= 15 is 0 Å². The standard InChI is InChI=1S/C32H40ClN3O4S/c1-6-30(32(38)34-20-23(2)3)35(21-25-12-16-27(33)17-13-25)31(37)22-36(28-18-14-26(15-19-28)24(4)5)41(39,40)29-10-8-7-9-11-29/h7-19,23-24,30H,6,20-22H2,1-5H3,(H,34,38)/t30-/m1/s1. The van der Waals surface area contributed by atoms with Gasteiger partial charge in [-0.1, -0.05) is 88.7 Å². The Bertz CT molecular complexity index is 1390. The predicted octanol–water partition coefficient (Wildman–Crippen LogP) is 6.24. The molecule has 0 aliphatic rings. The maximum absolute atomic E-state index is 14.1. The van der Waals surface area contributed by atoms with Crippen molar-refractivity contribution in [2.75, 3.05) is 17.4 Å². The van der Waals surface area contributed by atoms with Gasteiger partial charge in [-0.25, -0.2) is 8.42 Å². The van der Waals surface area contributed by atoms with Crippen molar-refractivity contribution in [3.63, 3.8) is 0 Å². The Kier molecular flexibility index (Phi) is 11.4. The topological polar surface area (TPSA) is 86.8 Å². The van der Waals surface area contributed by atoms with Crippen LogP contribution in [0.25, 0.3) is 0 Å². The highest BCUT2D eigenvalue weighted by Gasteiger charge is 2.33. The minimum atomic E-state index is -4.10. The SMILES string of the molecule is CC[C@H](C(=O)NCC(C)C)N(Cc1ccc(Cl)cc1)C(=O)CN(c1ccc(C(C)C)cc1)S(=O)(=O)c1ccccc1. The largest absolute Gasteiger partial charge is 0.354 e. The number of nitrogens with one attached hydrogen (secondary N) is 1. The van der Waals surface area contributed by atoms with Crippen LogP contribution >= 0.6 is 11.6 Å². The highest BCUT2D eigenvalue weighted by atomic mass is 35.5. The molecule has 220 valence electrons. The maximum atomic E-state index is 14.1. The van der Waals surface area contributed by atoms with E-state index in [1.165, 1.54) is 17.0 Å². The van der Waals surface area contributed by atoms with Gasteiger partial charge < -0.3 is 10.2 Å². The van der Waals surface area contributed by atoms with E-state index in [0.29, 0.717) is 23.7 Å². The Labute approximate surface area is 249 Å². The van der Waals surface area contributed by atoms with Gasteiger partial charge in [0.15, 0.2) is 0 Å². The van der Waals surface area contributed by atoms with Crippen LogP contribution in [0.15, 0.2) is 83.8 Å². The summed E-state index contributed by atoms with van der Waals surface area (Å²) in [5, 5.41) is 3.49. The van der Waals surface area contributed by atoms with Gasteiger partial charge in [-0.3, -0.25) is 13.9 Å². The Morgan fingerprint density at radius 2 is 1.49 bits per heavy atom. The van der Waals surface area contributed by atoms with E-state index in [-0.39, 0.29) is 29.2 Å². The molecular formula is C32H40ClN3O4S. The lowest BCUT2D eigenvalue weighted by Crippen LogP contribution is -2.52. The first-order valence-corrected chi connectivity index (χ1v) is 15.7. The van der Waals surface area contributed by atoms with Crippen LogP contribution in [0.5, 0.6) is 0 Å². The fourth-order valence-corrected chi connectivity index (χ4v) is 5.96. The molecule has 0 heterocycles. The summed E-state index contributed by atoms with van der Waals surface area (Å²) in [5.41, 5.74) is 2.20. The molecule has 0 radical (unpaired) electrons. The molecule has 0 aromatic heterocycles. The highest BCUT2D eigenvalue weighted by molar-refractivity contribution is 7.92. The van der Waals surface area contributed by atoms with E-state index in [1.807, 2.05) is 32.9 Å². The number of amides is 2. The number of carbonyl (C=O) groups excluding carboxylic acids is 2. The first-order valence-electron chi connectivity index (χ1n) is 13.9. The second kappa shape index (κ2) is 14.5. The van der Waals surface area contributed by atoms with E-state index in [2.05, 4.69) is 19.2 Å². The summed E-state index contributed by atoms with van der Waals surface area (Å²) in [6.07, 6.45) is 0.359. The average molecular weight is 598 g/mol. The molecule has 1 N–H and O–H groups in total. The maximum Gasteiger partial charge on any atom is 0.264 e. The van der Waals surface area contributed by atoms with Crippen molar-refractivity contribution in [3.8, 4) is 0 Å². The quantitative estimate of drug-likeness (QED) is 0.253. The van der Waals surface area contributed by atoms with Crippen molar-refractivity contribution in [2.24, 2.45) is 5.92 Å². The molecule has 0 aliphatic heterocycles. The lowest BCUT2D eigenvalue weighted by Gasteiger charge is -2.33. The van der Waals surface area contributed by atoms with Gasteiger partial charge in [0.25, 0.3) is 10.0 Å². The van der Waals surface area contributed by atoms with E-state index in [9.17, 15) is 18.0 Å². The summed E-state index contributed by atoms with van der Waals surface area (Å²) in [6, 6.07) is 21.5. The molecule has 0 unspecified atom stereocenters. The first kappa shape index (κ1) is 32.2. The zero-order chi connectivity index (χ0) is 30.2. The fourth-order valence-electron chi connectivity index (χ4n) is 4.40. The van der Waals surface area contributed by atoms with E-state index in [0.717, 1.165) is 15.4 Å². The minimum absolute atomic E-state index is 0.0757. The summed E-state index contributed by atoms with van der Waals surface area (Å²) in [7, 11) is -4.10. The Morgan fingerprint density at radius 3 is 2.02 bits per heavy atom. The van der Waals surface area contributed by atoms with Gasteiger partial charge in [-0.2, -0.15) is 0 Å². The molecule has 0 spiro atoms. The molecule has 2 amide bonds. The normalized spacial score (nSPS) is 12.3. The number of nitrogens with zero attached hydrogens (tertiary/aromatic N) is 2. The minimum Gasteiger partial charge on any atom is -0.354 e. The zero-order valence-corrected chi connectivity index (χ0v) is 26.0. The molecule has 41 heavy (non-hydrogen) atoms. The molecule has 1 atom stereocenters. The molecular weight excluding hydrogens is 558 g/mol. The van der Waals surface area contributed by atoms with Crippen LogP contribution in [0, 0.1) is 5.92 Å². The number of benzene rings is 3. The van der Waals surface area contributed by atoms with Gasteiger partial charge in [0.05, 0.1) is 10.6 Å². The van der Waals surface area contributed by atoms with Gasteiger partial charge in [0, 0.05) is 18.1 Å². The summed E-state index contributed by atoms with van der Waals surface area (Å²) < 4.78 is 29.0. The number of hydrogen-bond acceptors (Lipinski definition) is 4. The summed E-state index contributed by atoms with van der Waals surface area (Å²) in [6.45, 7) is 10.1. The number of halogens is 1. The Hall–Kier alpha value is -3.36. The van der Waals surface area contributed by atoms with Crippen molar-refractivity contribution >= 4 is 39.1 Å². The predicted molar refractivity (Wildman–Crippen MR) is 165 cm³/mol. The third-order valence-corrected chi connectivity index (χ3v) is 8.83. The fraction of sp³-hybridized carbons (Fsp3) is 0.375. The van der Waals surface area contributed by atoms with E-state index in [4.69, 9.17) is 11.6 Å². The van der Waals surface area contributed by atoms with Crippen LogP contribution < -0.4 is 9.62 Å². The van der Waals surface area contributed by atoms with E-state index < -0.39 is 28.5 Å². The van der Waals surface area contributed by atoms with Crippen molar-refractivity contribution in [3.05, 3.63) is 95.0 Å². The third-order valence-electron chi connectivity index (χ3n) is 6.79. The van der Waals surface area contributed by atoms with Crippen LogP contribution in [-0.2, 0) is 26.2 Å². The molecule has 0 saturated carbocycles. The first-order chi connectivity index (χ1) is 19.4. The molecule has 0 saturated heterocycles. The monoisotopic (exact) mass is 597 g/mol. The Morgan fingerprint density at radius 1 is 0.878 bits per heavy atom. The van der Waals surface area contributed by atoms with Crippen LogP contribution in [0.2, 0.25) is 5.02 Å². The van der Waals surface area contributed by atoms with Crippen molar-refractivity contribution < 1.29 is 18.0 Å². The molecule has 0 fully saturated rings. The summed E-state index contributed by atoms with van der Waals surface area (Å²) in [5.74, 6) is -0.271. The lowest BCUT2D eigenvalue weighted by molar-refractivity contribution is -0.140. The zero-order valence-electron chi connectivity index (χ0n) is 24.4. The van der Waals surface area contributed by atoms with Crippen LogP contribution in [-0.4, -0.2) is 44.3 Å². The lowest BCUT2D eigenvalue weighted by atomic mass is 10.0. The highest BCUT2D eigenvalue weighted by Crippen LogP contribution is 2.27. The second-order valence-electron chi connectivity index (χ2n) is 10.8. The smallest absolute Gasteiger partial charge is 0.264 e. The number of sulfonamides is 1. The summed E-state index contributed by atoms with van der Waals surface area (Å²) >= 11 is 6.08. The van der Waals surface area contributed by atoms with Crippen LogP contribution in [0.1, 0.15) is 58.1 Å². The van der Waals surface area contributed by atoms with Gasteiger partial charge in [-0.05, 0) is 65.8 Å². The molecule has 3 aromatic rings. The summed E-state index contributed by atoms with van der Waals surface area (Å²) in [4.78, 5) is 28.9. The van der Waals surface area contributed by atoms with Crippen molar-refractivity contribution in [1.29, 1.82) is 0 Å². The number of carbonyl (C=O) groups is 2. The number of hydrogen-bond donors (Lipinski definition) is 1. The molecule has 3 aromatic carbocycles. The molecule has 0 aliphatic carbocycles. The van der Waals surface area contributed by atoms with Gasteiger partial charge >= 0.3 is 0 Å². The van der Waals surface area contributed by atoms with Crippen molar-refractivity contribution in [1.82, 2.24) is 10.2 Å².